The van der Waals surface area contributed by atoms with Crippen LogP contribution in [-0.4, -0.2) is 12.6 Å². The predicted octanol–water partition coefficient (Wildman–Crippen LogP) is 7.43. The quantitative estimate of drug-likeness (QED) is 0.279. The average molecular weight is 443 g/mol. The lowest BCUT2D eigenvalue weighted by Gasteiger charge is -2.17. The molecule has 4 rings (SSSR count). The van der Waals surface area contributed by atoms with Gasteiger partial charge in [0.05, 0.1) is 12.2 Å². The molecule has 0 saturated heterocycles. The van der Waals surface area contributed by atoms with Crippen molar-refractivity contribution in [2.75, 3.05) is 6.61 Å². The second-order valence-corrected chi connectivity index (χ2v) is 7.66. The summed E-state index contributed by atoms with van der Waals surface area (Å²) in [5.41, 5.74) is 5.07. The van der Waals surface area contributed by atoms with Crippen molar-refractivity contribution in [2.24, 2.45) is 0 Å². The van der Waals surface area contributed by atoms with Crippen LogP contribution in [0.5, 0.6) is 5.75 Å². The average Bonchev–Trinajstić information content (AvgIpc) is 2.83. The minimum absolute atomic E-state index is 0.304. The lowest BCUT2D eigenvalue weighted by atomic mass is 9.91. The molecule has 0 aliphatic heterocycles. The van der Waals surface area contributed by atoms with Gasteiger partial charge in [-0.25, -0.2) is 4.79 Å². The van der Waals surface area contributed by atoms with Gasteiger partial charge in [-0.2, -0.15) is 0 Å². The number of rotatable bonds is 7. The molecule has 160 valence electrons. The van der Waals surface area contributed by atoms with Crippen molar-refractivity contribution in [3.05, 3.63) is 113 Å². The Morgan fingerprint density at radius 2 is 1.38 bits per heavy atom. The first kappa shape index (κ1) is 21.7. The van der Waals surface area contributed by atoms with Gasteiger partial charge in [-0.15, -0.1) is 0 Å². The smallest absolute Gasteiger partial charge is 0.338 e. The van der Waals surface area contributed by atoms with Crippen LogP contribution in [-0.2, 0) is 11.3 Å². The van der Waals surface area contributed by atoms with E-state index in [0.717, 1.165) is 33.6 Å². The Kier molecular flexibility index (Phi) is 6.88. The number of ether oxygens (including phenoxy) is 2. The monoisotopic (exact) mass is 442 g/mol. The molecular weight excluding hydrogens is 420 g/mol. The van der Waals surface area contributed by atoms with E-state index in [1.165, 1.54) is 0 Å². The highest BCUT2D eigenvalue weighted by atomic mass is 35.5. The van der Waals surface area contributed by atoms with Crippen LogP contribution in [0.3, 0.4) is 0 Å². The third-order valence-corrected chi connectivity index (χ3v) is 5.34. The first-order chi connectivity index (χ1) is 15.7. The number of carbonyl (C=O) groups is 1. The summed E-state index contributed by atoms with van der Waals surface area (Å²) in [7, 11) is 0. The number of para-hydroxylation sites is 1. The second-order valence-electron chi connectivity index (χ2n) is 7.23. The normalized spacial score (nSPS) is 10.6. The molecule has 0 bridgehead atoms. The Labute approximate surface area is 193 Å². The molecule has 0 atom stereocenters. The Balaban J connectivity index is 1.78. The molecule has 0 N–H and O–H groups in total. The van der Waals surface area contributed by atoms with Gasteiger partial charge < -0.3 is 9.47 Å². The molecule has 0 aromatic heterocycles. The van der Waals surface area contributed by atoms with Gasteiger partial charge in [0.25, 0.3) is 0 Å². The number of carbonyl (C=O) groups excluding carboxylic acids is 1. The highest BCUT2D eigenvalue weighted by Crippen LogP contribution is 2.39. The molecule has 4 aromatic carbocycles. The van der Waals surface area contributed by atoms with Gasteiger partial charge >= 0.3 is 5.97 Å². The molecule has 32 heavy (non-hydrogen) atoms. The van der Waals surface area contributed by atoms with Gasteiger partial charge in [0.2, 0.25) is 0 Å². The van der Waals surface area contributed by atoms with E-state index < -0.39 is 0 Å². The summed E-state index contributed by atoms with van der Waals surface area (Å²) >= 11 is 6.32. The van der Waals surface area contributed by atoms with E-state index in [2.05, 4.69) is 0 Å². The Morgan fingerprint density at radius 3 is 2.09 bits per heavy atom. The molecule has 3 nitrogen and oxygen atoms in total. The standard InChI is InChI=1S/C28H23ClO3/c1-2-31-28(30)25-17-16-21(29)18-26(25)23-13-7-6-12-22(23)24-14-8-9-15-27(24)32-19-20-10-4-3-5-11-20/h3-18H,2,19H2,1H3. The Bertz CT molecular complexity index is 1220. The first-order valence-electron chi connectivity index (χ1n) is 10.5. The van der Waals surface area contributed by atoms with Crippen LogP contribution >= 0.6 is 11.6 Å². The first-order valence-corrected chi connectivity index (χ1v) is 10.9. The fourth-order valence-corrected chi connectivity index (χ4v) is 3.80. The van der Waals surface area contributed by atoms with Crippen LogP contribution in [0.2, 0.25) is 5.02 Å². The molecule has 0 unspecified atom stereocenters. The fraction of sp³-hybridized carbons (Fsp3) is 0.107. The van der Waals surface area contributed by atoms with E-state index in [9.17, 15) is 4.79 Å². The number of halogens is 1. The molecular formula is C28H23ClO3. The van der Waals surface area contributed by atoms with E-state index in [-0.39, 0.29) is 5.97 Å². The molecule has 0 aliphatic carbocycles. The fourth-order valence-electron chi connectivity index (χ4n) is 3.63. The summed E-state index contributed by atoms with van der Waals surface area (Å²) in [5, 5.41) is 0.552. The third-order valence-electron chi connectivity index (χ3n) is 5.11. The van der Waals surface area contributed by atoms with Crippen molar-refractivity contribution < 1.29 is 14.3 Å². The second kappa shape index (κ2) is 10.2. The van der Waals surface area contributed by atoms with Crippen LogP contribution in [0.15, 0.2) is 97.1 Å². The van der Waals surface area contributed by atoms with Crippen LogP contribution in [0.1, 0.15) is 22.8 Å². The SMILES string of the molecule is CCOC(=O)c1ccc(Cl)cc1-c1ccccc1-c1ccccc1OCc1ccccc1. The number of benzene rings is 4. The van der Waals surface area contributed by atoms with Crippen LogP contribution < -0.4 is 4.74 Å². The lowest BCUT2D eigenvalue weighted by molar-refractivity contribution is 0.0527. The van der Waals surface area contributed by atoms with Crippen molar-refractivity contribution in [1.82, 2.24) is 0 Å². The minimum atomic E-state index is -0.373. The summed E-state index contributed by atoms with van der Waals surface area (Å²) in [6.07, 6.45) is 0. The van der Waals surface area contributed by atoms with Crippen molar-refractivity contribution in [2.45, 2.75) is 13.5 Å². The van der Waals surface area contributed by atoms with Gasteiger partial charge in [0.15, 0.2) is 0 Å². The summed E-state index contributed by atoms with van der Waals surface area (Å²) in [6, 6.07) is 31.1. The van der Waals surface area contributed by atoms with E-state index in [0.29, 0.717) is 23.8 Å². The molecule has 0 aliphatic rings. The Morgan fingerprint density at radius 1 is 0.750 bits per heavy atom. The topological polar surface area (TPSA) is 35.5 Å². The highest BCUT2D eigenvalue weighted by molar-refractivity contribution is 6.31. The zero-order chi connectivity index (χ0) is 22.3. The van der Waals surface area contributed by atoms with Crippen LogP contribution in [0.25, 0.3) is 22.3 Å². The van der Waals surface area contributed by atoms with E-state index in [1.54, 1.807) is 25.1 Å². The van der Waals surface area contributed by atoms with E-state index in [4.69, 9.17) is 21.1 Å². The molecule has 4 heteroatoms. The maximum atomic E-state index is 12.6. The summed E-state index contributed by atoms with van der Waals surface area (Å²) in [5.74, 6) is 0.395. The summed E-state index contributed by atoms with van der Waals surface area (Å²) < 4.78 is 11.5. The number of hydrogen-bond acceptors (Lipinski definition) is 3. The van der Waals surface area contributed by atoms with Crippen molar-refractivity contribution in [1.29, 1.82) is 0 Å². The number of esters is 1. The summed E-state index contributed by atoms with van der Waals surface area (Å²) in [6.45, 7) is 2.56. The van der Waals surface area contributed by atoms with Gasteiger partial charge in [0.1, 0.15) is 12.4 Å². The van der Waals surface area contributed by atoms with Gasteiger partial charge in [-0.3, -0.25) is 0 Å². The largest absolute Gasteiger partial charge is 0.488 e. The molecule has 0 radical (unpaired) electrons. The highest BCUT2D eigenvalue weighted by Gasteiger charge is 2.19. The Hall–Kier alpha value is -3.56. The molecule has 0 saturated carbocycles. The molecule has 0 amide bonds. The minimum Gasteiger partial charge on any atom is -0.488 e. The van der Waals surface area contributed by atoms with Gasteiger partial charge in [-0.1, -0.05) is 84.4 Å². The van der Waals surface area contributed by atoms with Crippen LogP contribution in [0, 0.1) is 0 Å². The lowest BCUT2D eigenvalue weighted by Crippen LogP contribution is -2.07. The van der Waals surface area contributed by atoms with E-state index >= 15 is 0 Å². The van der Waals surface area contributed by atoms with Crippen molar-refractivity contribution in [3.8, 4) is 28.0 Å². The van der Waals surface area contributed by atoms with Crippen molar-refractivity contribution >= 4 is 17.6 Å². The molecule has 0 fully saturated rings. The molecule has 4 aromatic rings. The molecule has 0 spiro atoms. The van der Waals surface area contributed by atoms with Crippen LogP contribution in [0.4, 0.5) is 0 Å². The third kappa shape index (κ3) is 4.84. The maximum Gasteiger partial charge on any atom is 0.338 e. The zero-order valence-electron chi connectivity index (χ0n) is 17.8. The van der Waals surface area contributed by atoms with Crippen molar-refractivity contribution in [3.63, 3.8) is 0 Å². The zero-order valence-corrected chi connectivity index (χ0v) is 18.5. The van der Waals surface area contributed by atoms with Gasteiger partial charge in [-0.05, 0) is 53.4 Å². The van der Waals surface area contributed by atoms with Gasteiger partial charge in [0, 0.05) is 10.6 Å². The van der Waals surface area contributed by atoms with E-state index in [1.807, 2.05) is 78.9 Å². The molecule has 0 heterocycles. The summed E-state index contributed by atoms with van der Waals surface area (Å²) in [4.78, 5) is 12.6. The predicted molar refractivity (Wildman–Crippen MR) is 129 cm³/mol. The number of hydrogen-bond donors (Lipinski definition) is 0. The maximum absolute atomic E-state index is 12.6.